The van der Waals surface area contributed by atoms with Gasteiger partial charge in [-0.05, 0) is 34.6 Å². The Morgan fingerprint density at radius 2 is 1.31 bits per heavy atom. The molecular formula is C10H22O3. The van der Waals surface area contributed by atoms with Crippen LogP contribution >= 0.6 is 0 Å². The molecule has 13 heavy (non-hydrogen) atoms. The lowest BCUT2D eigenvalue weighted by Crippen LogP contribution is -2.53. The summed E-state index contributed by atoms with van der Waals surface area (Å²) < 4.78 is 16.3. The number of hydrogen-bond donors (Lipinski definition) is 0. The zero-order valence-corrected chi connectivity index (χ0v) is 9.80. The van der Waals surface area contributed by atoms with E-state index in [1.165, 1.54) is 0 Å². The summed E-state index contributed by atoms with van der Waals surface area (Å²) >= 11 is 0. The molecule has 0 bridgehead atoms. The fourth-order valence-electron chi connectivity index (χ4n) is 1.27. The van der Waals surface area contributed by atoms with E-state index in [9.17, 15) is 0 Å². The fourth-order valence-corrected chi connectivity index (χ4v) is 1.27. The van der Waals surface area contributed by atoms with Crippen LogP contribution in [0.4, 0.5) is 0 Å². The zero-order chi connectivity index (χ0) is 10.7. The fraction of sp³-hybridized carbons (Fsp3) is 1.00. The Morgan fingerprint density at radius 1 is 0.923 bits per heavy atom. The summed E-state index contributed by atoms with van der Waals surface area (Å²) in [6, 6.07) is 0. The molecule has 0 atom stereocenters. The molecule has 0 aliphatic rings. The van der Waals surface area contributed by atoms with E-state index in [4.69, 9.17) is 14.2 Å². The van der Waals surface area contributed by atoms with Crippen molar-refractivity contribution in [2.75, 3.05) is 14.2 Å². The molecule has 0 N–H and O–H groups in total. The molecule has 0 heterocycles. The van der Waals surface area contributed by atoms with Crippen LogP contribution in [0, 0.1) is 0 Å². The predicted molar refractivity (Wildman–Crippen MR) is 52.7 cm³/mol. The van der Waals surface area contributed by atoms with Gasteiger partial charge in [0.1, 0.15) is 5.60 Å². The van der Waals surface area contributed by atoms with Crippen molar-refractivity contribution in [3.05, 3.63) is 0 Å². The molecule has 0 aliphatic carbocycles. The van der Waals surface area contributed by atoms with Gasteiger partial charge in [0.05, 0.1) is 6.10 Å². The van der Waals surface area contributed by atoms with Gasteiger partial charge in [-0.2, -0.15) is 0 Å². The summed E-state index contributed by atoms with van der Waals surface area (Å²) in [6.07, 6.45) is 0.152. The number of methoxy groups -OCH3 is 2. The molecule has 0 radical (unpaired) electrons. The maximum Gasteiger partial charge on any atom is 0.193 e. The topological polar surface area (TPSA) is 27.7 Å². The third-order valence-corrected chi connectivity index (χ3v) is 2.40. The lowest BCUT2D eigenvalue weighted by molar-refractivity contribution is -0.300. The SMILES string of the molecule is COC(C)(OC)C(C)(C)OC(C)C. The van der Waals surface area contributed by atoms with Gasteiger partial charge in [0, 0.05) is 14.2 Å². The Bertz CT molecular complexity index is 148. The summed E-state index contributed by atoms with van der Waals surface area (Å²) in [6.45, 7) is 9.77. The van der Waals surface area contributed by atoms with Crippen LogP contribution in [-0.2, 0) is 14.2 Å². The minimum atomic E-state index is -0.711. The molecule has 0 fully saturated rings. The summed E-state index contributed by atoms with van der Waals surface area (Å²) in [5.74, 6) is -0.711. The first-order chi connectivity index (χ1) is 5.79. The molecule has 3 heteroatoms. The van der Waals surface area contributed by atoms with Crippen LogP contribution in [0.5, 0.6) is 0 Å². The molecular weight excluding hydrogens is 168 g/mol. The Balaban J connectivity index is 4.56. The quantitative estimate of drug-likeness (QED) is 0.622. The minimum Gasteiger partial charge on any atom is -0.367 e. The molecule has 0 aromatic heterocycles. The molecule has 80 valence electrons. The molecule has 0 unspecified atom stereocenters. The van der Waals surface area contributed by atoms with Crippen molar-refractivity contribution in [3.63, 3.8) is 0 Å². The number of hydrogen-bond acceptors (Lipinski definition) is 3. The van der Waals surface area contributed by atoms with E-state index in [2.05, 4.69) is 0 Å². The number of ether oxygens (including phenoxy) is 3. The van der Waals surface area contributed by atoms with Gasteiger partial charge in [0.25, 0.3) is 0 Å². The van der Waals surface area contributed by atoms with Gasteiger partial charge in [-0.3, -0.25) is 0 Å². The van der Waals surface area contributed by atoms with Crippen LogP contribution in [0.3, 0.4) is 0 Å². The van der Waals surface area contributed by atoms with E-state index in [1.54, 1.807) is 14.2 Å². The predicted octanol–water partition coefficient (Wildman–Crippen LogP) is 2.20. The second-order valence-electron chi connectivity index (χ2n) is 4.03. The number of rotatable bonds is 5. The summed E-state index contributed by atoms with van der Waals surface area (Å²) in [5, 5.41) is 0. The van der Waals surface area contributed by atoms with Gasteiger partial charge in [-0.15, -0.1) is 0 Å². The Kier molecular flexibility index (Phi) is 4.36. The third-order valence-electron chi connectivity index (χ3n) is 2.40. The van der Waals surface area contributed by atoms with E-state index in [0.717, 1.165) is 0 Å². The van der Waals surface area contributed by atoms with E-state index >= 15 is 0 Å². The molecule has 0 rings (SSSR count). The van der Waals surface area contributed by atoms with Crippen molar-refractivity contribution in [3.8, 4) is 0 Å². The van der Waals surface area contributed by atoms with Crippen molar-refractivity contribution < 1.29 is 14.2 Å². The molecule has 0 aromatic carbocycles. The smallest absolute Gasteiger partial charge is 0.193 e. The first-order valence-corrected chi connectivity index (χ1v) is 4.57. The zero-order valence-electron chi connectivity index (χ0n) is 9.80. The van der Waals surface area contributed by atoms with Crippen LogP contribution in [0.25, 0.3) is 0 Å². The molecule has 0 saturated heterocycles. The molecule has 0 amide bonds. The average molecular weight is 190 g/mol. The first-order valence-electron chi connectivity index (χ1n) is 4.57. The first kappa shape index (κ1) is 12.9. The van der Waals surface area contributed by atoms with E-state index in [-0.39, 0.29) is 6.10 Å². The van der Waals surface area contributed by atoms with Crippen molar-refractivity contribution in [1.82, 2.24) is 0 Å². The lowest BCUT2D eigenvalue weighted by atomic mass is 9.98. The molecule has 3 nitrogen and oxygen atoms in total. The van der Waals surface area contributed by atoms with Crippen molar-refractivity contribution in [1.29, 1.82) is 0 Å². The molecule has 0 saturated carbocycles. The van der Waals surface area contributed by atoms with E-state index in [1.807, 2.05) is 34.6 Å². The van der Waals surface area contributed by atoms with Crippen LogP contribution in [0.15, 0.2) is 0 Å². The largest absolute Gasteiger partial charge is 0.367 e. The van der Waals surface area contributed by atoms with Crippen molar-refractivity contribution in [2.45, 2.75) is 52.1 Å². The Labute approximate surface area is 81.4 Å². The highest BCUT2D eigenvalue weighted by Crippen LogP contribution is 2.30. The standard InChI is InChI=1S/C10H22O3/c1-8(2)13-9(3,4)10(5,11-6)12-7/h8H,1-7H3. The van der Waals surface area contributed by atoms with Gasteiger partial charge >= 0.3 is 0 Å². The normalized spacial score (nSPS) is 13.8. The second kappa shape index (κ2) is 4.40. The Hall–Kier alpha value is -0.120. The summed E-state index contributed by atoms with van der Waals surface area (Å²) in [4.78, 5) is 0. The lowest BCUT2D eigenvalue weighted by Gasteiger charge is -2.42. The molecule has 0 aliphatic heterocycles. The van der Waals surface area contributed by atoms with Gasteiger partial charge in [-0.1, -0.05) is 0 Å². The molecule has 0 spiro atoms. The maximum absolute atomic E-state index is 5.73. The summed E-state index contributed by atoms with van der Waals surface area (Å²) in [5.41, 5.74) is -0.468. The van der Waals surface area contributed by atoms with E-state index in [0.29, 0.717) is 0 Å². The second-order valence-corrected chi connectivity index (χ2v) is 4.03. The van der Waals surface area contributed by atoms with E-state index < -0.39 is 11.4 Å². The van der Waals surface area contributed by atoms with Gasteiger partial charge in [-0.25, -0.2) is 0 Å². The Morgan fingerprint density at radius 3 is 1.54 bits per heavy atom. The molecule has 0 aromatic rings. The average Bonchev–Trinajstić information content (AvgIpc) is 2.00. The summed E-state index contributed by atoms with van der Waals surface area (Å²) in [7, 11) is 3.24. The van der Waals surface area contributed by atoms with Crippen LogP contribution in [0.2, 0.25) is 0 Å². The minimum absolute atomic E-state index is 0.152. The van der Waals surface area contributed by atoms with Gasteiger partial charge in [0.15, 0.2) is 5.79 Å². The monoisotopic (exact) mass is 190 g/mol. The van der Waals surface area contributed by atoms with Crippen LogP contribution in [0.1, 0.15) is 34.6 Å². The van der Waals surface area contributed by atoms with Crippen LogP contribution in [-0.4, -0.2) is 31.7 Å². The highest BCUT2D eigenvalue weighted by Gasteiger charge is 2.43. The van der Waals surface area contributed by atoms with Gasteiger partial charge in [0.2, 0.25) is 0 Å². The third kappa shape index (κ3) is 2.93. The van der Waals surface area contributed by atoms with Crippen molar-refractivity contribution >= 4 is 0 Å². The maximum atomic E-state index is 5.73. The van der Waals surface area contributed by atoms with Gasteiger partial charge < -0.3 is 14.2 Å². The highest BCUT2D eigenvalue weighted by molar-refractivity contribution is 4.85. The van der Waals surface area contributed by atoms with Crippen LogP contribution < -0.4 is 0 Å². The highest BCUT2D eigenvalue weighted by atomic mass is 16.7. The van der Waals surface area contributed by atoms with Crippen molar-refractivity contribution in [2.24, 2.45) is 0 Å².